The van der Waals surface area contributed by atoms with Gasteiger partial charge in [0.05, 0.1) is 6.20 Å². The number of pyridine rings is 1. The van der Waals surface area contributed by atoms with Gasteiger partial charge in [0, 0.05) is 27.3 Å². The molecule has 0 saturated heterocycles. The van der Waals surface area contributed by atoms with Crippen molar-refractivity contribution < 1.29 is 14.6 Å². The van der Waals surface area contributed by atoms with E-state index in [1.165, 1.54) is 6.08 Å². The Morgan fingerprint density at radius 1 is 1.35 bits per heavy atom. The standard InChI is InChI=1S/C14H9BrClNO3/c15-10-6-12(8-17-7-10)20-13-3-2-11(16)5-9(13)1-4-14(18)19/h1-8H,(H,18,19)/b4-1+. The maximum Gasteiger partial charge on any atom is 0.328 e. The van der Waals surface area contributed by atoms with Crippen molar-refractivity contribution in [2.45, 2.75) is 0 Å². The Morgan fingerprint density at radius 3 is 2.85 bits per heavy atom. The molecule has 4 nitrogen and oxygen atoms in total. The molecule has 0 atom stereocenters. The first-order valence-corrected chi connectivity index (χ1v) is 6.70. The number of carbonyl (C=O) groups is 1. The van der Waals surface area contributed by atoms with Gasteiger partial charge < -0.3 is 9.84 Å². The van der Waals surface area contributed by atoms with E-state index >= 15 is 0 Å². The highest BCUT2D eigenvalue weighted by molar-refractivity contribution is 9.10. The topological polar surface area (TPSA) is 59.4 Å². The highest BCUT2D eigenvalue weighted by Gasteiger charge is 2.05. The minimum atomic E-state index is -1.04. The van der Waals surface area contributed by atoms with Crippen LogP contribution in [0.1, 0.15) is 5.56 Å². The Hall–Kier alpha value is -1.85. The van der Waals surface area contributed by atoms with E-state index in [2.05, 4.69) is 20.9 Å². The summed E-state index contributed by atoms with van der Waals surface area (Å²) in [7, 11) is 0. The number of hydrogen-bond acceptors (Lipinski definition) is 3. The molecule has 2 rings (SSSR count). The predicted molar refractivity (Wildman–Crippen MR) is 80.1 cm³/mol. The summed E-state index contributed by atoms with van der Waals surface area (Å²) >= 11 is 9.20. The van der Waals surface area contributed by atoms with Gasteiger partial charge in [0.25, 0.3) is 0 Å². The van der Waals surface area contributed by atoms with E-state index in [9.17, 15) is 4.79 Å². The quantitative estimate of drug-likeness (QED) is 0.827. The molecule has 6 heteroatoms. The fourth-order valence-electron chi connectivity index (χ4n) is 1.48. The zero-order chi connectivity index (χ0) is 14.5. The van der Waals surface area contributed by atoms with Crippen LogP contribution >= 0.6 is 27.5 Å². The number of aromatic nitrogens is 1. The van der Waals surface area contributed by atoms with Crippen LogP contribution in [0.15, 0.2) is 47.2 Å². The summed E-state index contributed by atoms with van der Waals surface area (Å²) in [5.41, 5.74) is 0.569. The van der Waals surface area contributed by atoms with Crippen molar-refractivity contribution in [3.63, 3.8) is 0 Å². The molecule has 0 fully saturated rings. The predicted octanol–water partition coefficient (Wildman–Crippen LogP) is 4.39. The molecule has 0 saturated carbocycles. The second-order valence-corrected chi connectivity index (χ2v) is 5.15. The second-order valence-electron chi connectivity index (χ2n) is 3.79. The first-order chi connectivity index (χ1) is 9.54. The molecule has 20 heavy (non-hydrogen) atoms. The van der Waals surface area contributed by atoms with E-state index in [0.717, 1.165) is 10.5 Å². The zero-order valence-corrected chi connectivity index (χ0v) is 12.4. The number of carboxylic acid groups (broad SMARTS) is 1. The van der Waals surface area contributed by atoms with Crippen molar-refractivity contribution >= 4 is 39.6 Å². The second kappa shape index (κ2) is 6.54. The third kappa shape index (κ3) is 4.08. The van der Waals surface area contributed by atoms with Crippen molar-refractivity contribution in [1.29, 1.82) is 0 Å². The minimum Gasteiger partial charge on any atom is -0.478 e. The Bertz CT molecular complexity index is 673. The van der Waals surface area contributed by atoms with E-state index in [0.29, 0.717) is 22.1 Å². The average Bonchev–Trinajstić information content (AvgIpc) is 2.39. The van der Waals surface area contributed by atoms with Crippen LogP contribution in [0.5, 0.6) is 11.5 Å². The molecular formula is C14H9BrClNO3. The van der Waals surface area contributed by atoms with Crippen LogP contribution in [0.2, 0.25) is 5.02 Å². The highest BCUT2D eigenvalue weighted by Crippen LogP contribution is 2.29. The summed E-state index contributed by atoms with van der Waals surface area (Å²) in [6, 6.07) is 6.72. The summed E-state index contributed by atoms with van der Waals surface area (Å²) in [4.78, 5) is 14.6. The molecule has 102 valence electrons. The molecule has 0 aliphatic carbocycles. The van der Waals surface area contributed by atoms with Gasteiger partial charge in [-0.1, -0.05) is 11.6 Å². The Labute approximate surface area is 128 Å². The summed E-state index contributed by atoms with van der Waals surface area (Å²) in [5.74, 6) is -0.0153. The van der Waals surface area contributed by atoms with E-state index in [4.69, 9.17) is 21.4 Å². The van der Waals surface area contributed by atoms with E-state index < -0.39 is 5.97 Å². The molecule has 0 radical (unpaired) electrons. The summed E-state index contributed by atoms with van der Waals surface area (Å²) in [6.45, 7) is 0. The number of hydrogen-bond donors (Lipinski definition) is 1. The lowest BCUT2D eigenvalue weighted by atomic mass is 10.2. The molecule has 0 aliphatic rings. The number of ether oxygens (including phenoxy) is 1. The van der Waals surface area contributed by atoms with Gasteiger partial charge in [-0.3, -0.25) is 4.98 Å². The number of carboxylic acids is 1. The number of rotatable bonds is 4. The van der Waals surface area contributed by atoms with Gasteiger partial charge in [-0.2, -0.15) is 0 Å². The fraction of sp³-hybridized carbons (Fsp3) is 0. The van der Waals surface area contributed by atoms with Crippen LogP contribution in [-0.2, 0) is 4.79 Å². The number of halogens is 2. The van der Waals surface area contributed by atoms with Crippen LogP contribution < -0.4 is 4.74 Å². The number of benzene rings is 1. The lowest BCUT2D eigenvalue weighted by Gasteiger charge is -2.09. The van der Waals surface area contributed by atoms with E-state index in [1.54, 1.807) is 36.7 Å². The summed E-state index contributed by atoms with van der Waals surface area (Å²) in [5, 5.41) is 9.18. The number of nitrogens with zero attached hydrogens (tertiary/aromatic N) is 1. The van der Waals surface area contributed by atoms with Gasteiger partial charge in [-0.15, -0.1) is 0 Å². The molecule has 0 spiro atoms. The highest BCUT2D eigenvalue weighted by atomic mass is 79.9. The molecule has 0 amide bonds. The Kier molecular flexibility index (Phi) is 4.76. The lowest BCUT2D eigenvalue weighted by molar-refractivity contribution is -0.131. The molecule has 0 unspecified atom stereocenters. The summed E-state index contributed by atoms with van der Waals surface area (Å²) in [6.07, 6.45) is 5.65. The van der Waals surface area contributed by atoms with Gasteiger partial charge in [-0.25, -0.2) is 4.79 Å². The smallest absolute Gasteiger partial charge is 0.328 e. The zero-order valence-electron chi connectivity index (χ0n) is 10.1. The Morgan fingerprint density at radius 2 is 2.15 bits per heavy atom. The van der Waals surface area contributed by atoms with Crippen molar-refractivity contribution in [2.75, 3.05) is 0 Å². The fourth-order valence-corrected chi connectivity index (χ4v) is 2.00. The van der Waals surface area contributed by atoms with Gasteiger partial charge in [0.2, 0.25) is 0 Å². The molecule has 1 aromatic heterocycles. The normalized spacial score (nSPS) is 10.7. The van der Waals surface area contributed by atoms with E-state index in [-0.39, 0.29) is 0 Å². The molecular weight excluding hydrogens is 346 g/mol. The first kappa shape index (κ1) is 14.6. The molecule has 0 bridgehead atoms. The maximum absolute atomic E-state index is 10.6. The molecule has 1 aromatic carbocycles. The molecule has 2 aromatic rings. The maximum atomic E-state index is 10.6. The Balaban J connectivity index is 2.33. The van der Waals surface area contributed by atoms with Gasteiger partial charge in [0.15, 0.2) is 0 Å². The number of aliphatic carboxylic acids is 1. The van der Waals surface area contributed by atoms with Crippen molar-refractivity contribution in [3.8, 4) is 11.5 Å². The largest absolute Gasteiger partial charge is 0.478 e. The van der Waals surface area contributed by atoms with Gasteiger partial charge in [0.1, 0.15) is 11.5 Å². The van der Waals surface area contributed by atoms with Gasteiger partial charge >= 0.3 is 5.97 Å². The SMILES string of the molecule is O=C(O)/C=C/c1cc(Cl)ccc1Oc1cncc(Br)c1. The van der Waals surface area contributed by atoms with Crippen molar-refractivity contribution in [3.05, 3.63) is 57.8 Å². The first-order valence-electron chi connectivity index (χ1n) is 5.53. The average molecular weight is 355 g/mol. The lowest BCUT2D eigenvalue weighted by Crippen LogP contribution is -1.90. The van der Waals surface area contributed by atoms with Crippen LogP contribution in [0.4, 0.5) is 0 Å². The summed E-state index contributed by atoms with van der Waals surface area (Å²) < 4.78 is 6.47. The minimum absolute atomic E-state index is 0.492. The molecule has 1 N–H and O–H groups in total. The molecule has 0 aliphatic heterocycles. The molecule has 1 heterocycles. The van der Waals surface area contributed by atoms with Crippen LogP contribution in [-0.4, -0.2) is 16.1 Å². The van der Waals surface area contributed by atoms with Crippen LogP contribution in [0.25, 0.3) is 6.08 Å². The van der Waals surface area contributed by atoms with Gasteiger partial charge in [-0.05, 0) is 46.3 Å². The van der Waals surface area contributed by atoms with Crippen molar-refractivity contribution in [1.82, 2.24) is 4.98 Å². The van der Waals surface area contributed by atoms with E-state index in [1.807, 2.05) is 0 Å². The third-order valence-corrected chi connectivity index (χ3v) is 2.95. The van der Waals surface area contributed by atoms with Crippen molar-refractivity contribution in [2.24, 2.45) is 0 Å². The van der Waals surface area contributed by atoms with Crippen LogP contribution in [0, 0.1) is 0 Å². The van der Waals surface area contributed by atoms with Crippen LogP contribution in [0.3, 0.4) is 0 Å². The third-order valence-electron chi connectivity index (χ3n) is 2.28. The monoisotopic (exact) mass is 353 g/mol.